The second-order valence-electron chi connectivity index (χ2n) is 5.37. The van der Waals surface area contributed by atoms with Gasteiger partial charge in [0, 0.05) is 14.1 Å². The number of carboxylic acid groups (broad SMARTS) is 1. The van der Waals surface area contributed by atoms with Gasteiger partial charge in [-0.2, -0.15) is 0 Å². The average Bonchev–Trinajstić information content (AvgIpc) is 2.52. The molecule has 0 radical (unpaired) electrons. The van der Waals surface area contributed by atoms with Gasteiger partial charge in [0.05, 0.1) is 5.92 Å². The van der Waals surface area contributed by atoms with Crippen molar-refractivity contribution in [2.24, 2.45) is 5.92 Å². The highest BCUT2D eigenvalue weighted by atomic mass is 16.6. The maximum atomic E-state index is 11.4. The zero-order chi connectivity index (χ0) is 17.8. The van der Waals surface area contributed by atoms with Crippen LogP contribution in [0.25, 0.3) is 0 Å². The lowest BCUT2D eigenvalue weighted by Gasteiger charge is -2.21. The number of ether oxygens (including phenoxy) is 2. The molecule has 1 unspecified atom stereocenters. The fraction of sp³-hybridized carbons (Fsp3) is 0.800. The highest BCUT2D eigenvalue weighted by molar-refractivity contribution is 5.70. The third kappa shape index (κ3) is 9.59. The Labute approximate surface area is 136 Å². The van der Waals surface area contributed by atoms with Gasteiger partial charge in [0.2, 0.25) is 0 Å². The third-order valence-electron chi connectivity index (χ3n) is 3.50. The van der Waals surface area contributed by atoms with Gasteiger partial charge < -0.3 is 25.2 Å². The molecule has 0 saturated carbocycles. The van der Waals surface area contributed by atoms with E-state index in [9.17, 15) is 14.4 Å². The predicted molar refractivity (Wildman–Crippen MR) is 84.2 cm³/mol. The highest BCUT2D eigenvalue weighted by Crippen LogP contribution is 2.18. The van der Waals surface area contributed by atoms with E-state index in [-0.39, 0.29) is 12.5 Å². The number of alkyl carbamates (subject to hydrolysis) is 2. The van der Waals surface area contributed by atoms with E-state index in [0.29, 0.717) is 25.7 Å². The van der Waals surface area contributed by atoms with Crippen LogP contribution in [0.15, 0.2) is 0 Å². The molecule has 0 aliphatic heterocycles. The Morgan fingerprint density at radius 1 is 1.00 bits per heavy atom. The van der Waals surface area contributed by atoms with Gasteiger partial charge in [-0.25, -0.2) is 9.59 Å². The molecule has 0 heterocycles. The molecular weight excluding hydrogens is 304 g/mol. The van der Waals surface area contributed by atoms with Crippen molar-refractivity contribution in [3.63, 3.8) is 0 Å². The Kier molecular flexibility index (Phi) is 10.6. The molecule has 134 valence electrons. The number of rotatable bonds is 10. The summed E-state index contributed by atoms with van der Waals surface area (Å²) in [6, 6.07) is 0. The van der Waals surface area contributed by atoms with Crippen LogP contribution in [0.3, 0.4) is 0 Å². The first-order chi connectivity index (χ1) is 10.8. The fourth-order valence-corrected chi connectivity index (χ4v) is 2.06. The molecule has 3 atom stereocenters. The van der Waals surface area contributed by atoms with Crippen molar-refractivity contribution < 1.29 is 29.0 Å². The summed E-state index contributed by atoms with van der Waals surface area (Å²) in [6.07, 6.45) is 0.957. The third-order valence-corrected chi connectivity index (χ3v) is 3.50. The zero-order valence-corrected chi connectivity index (χ0v) is 14.3. The average molecular weight is 332 g/mol. The first-order valence-electron chi connectivity index (χ1n) is 7.83. The first-order valence-corrected chi connectivity index (χ1v) is 7.83. The minimum atomic E-state index is -0.926. The maximum absolute atomic E-state index is 11.4. The number of carbonyl (C=O) groups excluding carboxylic acids is 2. The van der Waals surface area contributed by atoms with Crippen LogP contribution in [0, 0.1) is 5.92 Å². The molecule has 8 nitrogen and oxygen atoms in total. The van der Waals surface area contributed by atoms with Crippen molar-refractivity contribution in [1.29, 1.82) is 0 Å². The normalized spacial score (nSPS) is 14.3. The van der Waals surface area contributed by atoms with E-state index in [0.717, 1.165) is 0 Å². The molecule has 0 spiro atoms. The number of carboxylic acids is 1. The van der Waals surface area contributed by atoms with Crippen LogP contribution < -0.4 is 10.6 Å². The molecule has 2 amide bonds. The zero-order valence-electron chi connectivity index (χ0n) is 14.3. The molecule has 0 saturated heterocycles. The van der Waals surface area contributed by atoms with E-state index in [4.69, 9.17) is 14.6 Å². The smallest absolute Gasteiger partial charge is 0.407 e. The molecule has 0 fully saturated rings. The van der Waals surface area contributed by atoms with Crippen LogP contribution in [0.4, 0.5) is 9.59 Å². The van der Waals surface area contributed by atoms with Crippen LogP contribution >= 0.6 is 0 Å². The van der Waals surface area contributed by atoms with Crippen molar-refractivity contribution in [1.82, 2.24) is 10.6 Å². The maximum Gasteiger partial charge on any atom is 0.407 e. The minimum Gasteiger partial charge on any atom is -0.481 e. The summed E-state index contributed by atoms with van der Waals surface area (Å²) in [6.45, 7) is 3.49. The highest BCUT2D eigenvalue weighted by Gasteiger charge is 2.22. The van der Waals surface area contributed by atoms with Gasteiger partial charge in [0.15, 0.2) is 0 Å². The molecule has 0 aliphatic carbocycles. The summed E-state index contributed by atoms with van der Waals surface area (Å²) in [5, 5.41) is 13.7. The van der Waals surface area contributed by atoms with Crippen molar-refractivity contribution in [3.05, 3.63) is 0 Å². The number of nitrogens with one attached hydrogen (secondary N) is 2. The van der Waals surface area contributed by atoms with E-state index in [1.807, 2.05) is 6.92 Å². The summed E-state index contributed by atoms with van der Waals surface area (Å²) in [5.74, 6) is -1.53. The van der Waals surface area contributed by atoms with E-state index in [2.05, 4.69) is 10.6 Å². The Bertz CT molecular complexity index is 388. The van der Waals surface area contributed by atoms with Gasteiger partial charge in [-0.1, -0.05) is 13.8 Å². The fourth-order valence-electron chi connectivity index (χ4n) is 2.06. The second kappa shape index (κ2) is 11.6. The number of hydrogen-bond donors (Lipinski definition) is 3. The van der Waals surface area contributed by atoms with Crippen LogP contribution in [0.5, 0.6) is 0 Å². The Morgan fingerprint density at radius 2 is 1.48 bits per heavy atom. The van der Waals surface area contributed by atoms with Crippen LogP contribution in [-0.4, -0.2) is 49.6 Å². The van der Waals surface area contributed by atoms with Gasteiger partial charge in [-0.3, -0.25) is 4.79 Å². The second-order valence-corrected chi connectivity index (χ2v) is 5.37. The Balaban J connectivity index is 4.43. The largest absolute Gasteiger partial charge is 0.481 e. The standard InChI is InChI=1S/C15H28N2O6/c1-5-11(22-14(20)16-3)7-6-8-12(23-15(21)17-4)9-10(2)13(18)19/h10-12H,5-9H2,1-4H3,(H,16,20)(H,17,21)(H,18,19)/t10-,11+,12?/m0/s1. The topological polar surface area (TPSA) is 114 Å². The monoisotopic (exact) mass is 332 g/mol. The van der Waals surface area contributed by atoms with E-state index < -0.39 is 30.2 Å². The van der Waals surface area contributed by atoms with Crippen molar-refractivity contribution in [2.45, 2.75) is 58.2 Å². The molecule has 0 aromatic rings. The van der Waals surface area contributed by atoms with E-state index >= 15 is 0 Å². The van der Waals surface area contributed by atoms with Crippen LogP contribution in [-0.2, 0) is 14.3 Å². The van der Waals surface area contributed by atoms with Gasteiger partial charge in [-0.05, 0) is 32.1 Å². The van der Waals surface area contributed by atoms with Gasteiger partial charge in [0.1, 0.15) is 12.2 Å². The molecular formula is C15H28N2O6. The molecule has 3 N–H and O–H groups in total. The lowest BCUT2D eigenvalue weighted by molar-refractivity contribution is -0.142. The molecule has 8 heteroatoms. The van der Waals surface area contributed by atoms with Crippen molar-refractivity contribution in [2.75, 3.05) is 14.1 Å². The molecule has 0 bridgehead atoms. The summed E-state index contributed by atoms with van der Waals surface area (Å²) >= 11 is 0. The Morgan fingerprint density at radius 3 is 1.91 bits per heavy atom. The van der Waals surface area contributed by atoms with Crippen LogP contribution in [0.1, 0.15) is 46.0 Å². The number of carbonyl (C=O) groups is 3. The lowest BCUT2D eigenvalue weighted by atomic mass is 9.98. The molecule has 0 rings (SSSR count). The summed E-state index contributed by atoms with van der Waals surface area (Å²) in [4.78, 5) is 33.5. The quantitative estimate of drug-likeness (QED) is 0.564. The van der Waals surface area contributed by atoms with Gasteiger partial charge >= 0.3 is 18.2 Å². The van der Waals surface area contributed by atoms with Gasteiger partial charge in [0.25, 0.3) is 0 Å². The van der Waals surface area contributed by atoms with Crippen molar-refractivity contribution in [3.8, 4) is 0 Å². The molecule has 0 aromatic carbocycles. The predicted octanol–water partition coefficient (Wildman–Crippen LogP) is 2.13. The molecule has 0 aromatic heterocycles. The van der Waals surface area contributed by atoms with E-state index in [1.165, 1.54) is 14.1 Å². The first kappa shape index (κ1) is 21.0. The molecule has 23 heavy (non-hydrogen) atoms. The SMILES string of the molecule is CC[C@H](CCCC(C[C@H](C)C(=O)O)OC(=O)NC)OC(=O)NC. The summed E-state index contributed by atoms with van der Waals surface area (Å²) < 4.78 is 10.4. The lowest BCUT2D eigenvalue weighted by Crippen LogP contribution is -2.29. The molecule has 0 aliphatic rings. The van der Waals surface area contributed by atoms with Crippen LogP contribution in [0.2, 0.25) is 0 Å². The number of amides is 2. The Hall–Kier alpha value is -1.99. The summed E-state index contributed by atoms with van der Waals surface area (Å²) in [5.41, 5.74) is 0. The van der Waals surface area contributed by atoms with Gasteiger partial charge in [-0.15, -0.1) is 0 Å². The summed E-state index contributed by atoms with van der Waals surface area (Å²) in [7, 11) is 2.94. The van der Waals surface area contributed by atoms with Crippen molar-refractivity contribution >= 4 is 18.2 Å². The minimum absolute atomic E-state index is 0.215. The number of hydrogen-bond acceptors (Lipinski definition) is 5. The number of aliphatic carboxylic acids is 1. The van der Waals surface area contributed by atoms with E-state index in [1.54, 1.807) is 6.92 Å².